The SMILES string of the molecule is CCCCN(Cc1nnsc1NCCC)C1CC1. The molecule has 1 N–H and O–H groups in total. The molecule has 0 atom stereocenters. The monoisotopic (exact) mass is 268 g/mol. The molecule has 1 aliphatic carbocycles. The van der Waals surface area contributed by atoms with Gasteiger partial charge in [0.1, 0.15) is 10.7 Å². The number of rotatable bonds is 9. The van der Waals surface area contributed by atoms with Crippen molar-refractivity contribution >= 4 is 16.5 Å². The van der Waals surface area contributed by atoms with E-state index in [0.717, 1.165) is 31.2 Å². The van der Waals surface area contributed by atoms with Gasteiger partial charge in [0.25, 0.3) is 0 Å². The van der Waals surface area contributed by atoms with E-state index in [1.165, 1.54) is 48.8 Å². The predicted molar refractivity (Wildman–Crippen MR) is 77.0 cm³/mol. The van der Waals surface area contributed by atoms with Gasteiger partial charge < -0.3 is 5.32 Å². The van der Waals surface area contributed by atoms with Crippen molar-refractivity contribution in [3.8, 4) is 0 Å². The summed E-state index contributed by atoms with van der Waals surface area (Å²) >= 11 is 1.49. The fraction of sp³-hybridized carbons (Fsp3) is 0.846. The third-order valence-corrected chi connectivity index (χ3v) is 4.03. The van der Waals surface area contributed by atoms with Crippen LogP contribution in [0.1, 0.15) is 51.6 Å². The molecule has 0 spiro atoms. The van der Waals surface area contributed by atoms with Crippen LogP contribution < -0.4 is 5.32 Å². The van der Waals surface area contributed by atoms with Crippen molar-refractivity contribution in [1.82, 2.24) is 14.5 Å². The van der Waals surface area contributed by atoms with Crippen LogP contribution in [-0.4, -0.2) is 33.6 Å². The third-order valence-electron chi connectivity index (χ3n) is 3.31. The maximum absolute atomic E-state index is 4.29. The summed E-state index contributed by atoms with van der Waals surface area (Å²) in [5, 5.41) is 8.89. The van der Waals surface area contributed by atoms with E-state index in [0.29, 0.717) is 0 Å². The Hall–Kier alpha value is -0.680. The largest absolute Gasteiger partial charge is 0.374 e. The lowest BCUT2D eigenvalue weighted by Crippen LogP contribution is -2.27. The van der Waals surface area contributed by atoms with Gasteiger partial charge >= 0.3 is 0 Å². The van der Waals surface area contributed by atoms with Crippen LogP contribution >= 0.6 is 11.5 Å². The molecule has 1 heterocycles. The Balaban J connectivity index is 1.91. The smallest absolute Gasteiger partial charge is 0.134 e. The molecule has 0 amide bonds. The van der Waals surface area contributed by atoms with Gasteiger partial charge in [0.2, 0.25) is 0 Å². The molecule has 4 nitrogen and oxygen atoms in total. The number of hydrogen-bond acceptors (Lipinski definition) is 5. The van der Waals surface area contributed by atoms with Crippen LogP contribution in [0.2, 0.25) is 0 Å². The van der Waals surface area contributed by atoms with Gasteiger partial charge in [-0.15, -0.1) is 5.10 Å². The van der Waals surface area contributed by atoms with Gasteiger partial charge in [-0.25, -0.2) is 0 Å². The zero-order valence-corrected chi connectivity index (χ0v) is 12.3. The molecule has 1 aromatic heterocycles. The lowest BCUT2D eigenvalue weighted by atomic mass is 10.3. The van der Waals surface area contributed by atoms with Crippen LogP contribution in [0.5, 0.6) is 0 Å². The molecule has 0 bridgehead atoms. The molecule has 1 aliphatic rings. The number of aromatic nitrogens is 2. The Morgan fingerprint density at radius 3 is 2.83 bits per heavy atom. The first-order chi connectivity index (χ1) is 8.85. The molecule has 0 radical (unpaired) electrons. The Morgan fingerprint density at radius 1 is 1.33 bits per heavy atom. The fourth-order valence-corrected chi connectivity index (χ4v) is 2.67. The second-order valence-corrected chi connectivity index (χ2v) is 5.78. The van der Waals surface area contributed by atoms with Crippen LogP contribution in [0.3, 0.4) is 0 Å². The average molecular weight is 268 g/mol. The van der Waals surface area contributed by atoms with Crippen molar-refractivity contribution in [3.05, 3.63) is 5.69 Å². The van der Waals surface area contributed by atoms with E-state index in [1.54, 1.807) is 0 Å². The Labute approximate surface area is 114 Å². The van der Waals surface area contributed by atoms with E-state index in [9.17, 15) is 0 Å². The van der Waals surface area contributed by atoms with Gasteiger partial charge in [-0.1, -0.05) is 24.8 Å². The Morgan fingerprint density at radius 2 is 2.17 bits per heavy atom. The first kappa shape index (κ1) is 13.7. The van der Waals surface area contributed by atoms with Crippen molar-refractivity contribution in [1.29, 1.82) is 0 Å². The van der Waals surface area contributed by atoms with Crippen LogP contribution in [0.25, 0.3) is 0 Å². The lowest BCUT2D eigenvalue weighted by molar-refractivity contribution is 0.248. The molecule has 18 heavy (non-hydrogen) atoms. The highest BCUT2D eigenvalue weighted by atomic mass is 32.1. The van der Waals surface area contributed by atoms with E-state index in [4.69, 9.17) is 0 Å². The van der Waals surface area contributed by atoms with E-state index in [2.05, 4.69) is 33.7 Å². The van der Waals surface area contributed by atoms with Gasteiger partial charge in [-0.2, -0.15) is 0 Å². The van der Waals surface area contributed by atoms with Crippen LogP contribution in [0.15, 0.2) is 0 Å². The predicted octanol–water partition coefficient (Wildman–Crippen LogP) is 3.12. The fourth-order valence-electron chi connectivity index (χ4n) is 2.07. The third kappa shape index (κ3) is 3.92. The minimum absolute atomic E-state index is 0.803. The van der Waals surface area contributed by atoms with Crippen molar-refractivity contribution in [2.45, 2.75) is 58.5 Å². The quantitative estimate of drug-likeness (QED) is 0.747. The molecule has 1 saturated carbocycles. The van der Waals surface area contributed by atoms with Crippen LogP contribution in [0.4, 0.5) is 5.00 Å². The lowest BCUT2D eigenvalue weighted by Gasteiger charge is -2.20. The minimum atomic E-state index is 0.803. The standard InChI is InChI=1S/C13H24N4S/c1-3-5-9-17(11-6-7-11)10-12-13(14-8-4-2)18-16-15-12/h11,14H,3-10H2,1-2H3. The molecule has 102 valence electrons. The molecule has 5 heteroatoms. The highest BCUT2D eigenvalue weighted by Gasteiger charge is 2.29. The van der Waals surface area contributed by atoms with Crippen molar-refractivity contribution in [3.63, 3.8) is 0 Å². The maximum Gasteiger partial charge on any atom is 0.134 e. The number of hydrogen-bond donors (Lipinski definition) is 1. The Bertz CT molecular complexity index is 349. The van der Waals surface area contributed by atoms with Crippen LogP contribution in [-0.2, 0) is 6.54 Å². The normalized spacial score (nSPS) is 15.3. The number of nitrogens with one attached hydrogen (secondary N) is 1. The number of nitrogens with zero attached hydrogens (tertiary/aromatic N) is 3. The highest BCUT2D eigenvalue weighted by molar-refractivity contribution is 7.10. The second kappa shape index (κ2) is 7.04. The molecular weight excluding hydrogens is 244 g/mol. The van der Waals surface area contributed by atoms with Gasteiger partial charge in [-0.3, -0.25) is 4.90 Å². The second-order valence-electron chi connectivity index (χ2n) is 5.03. The van der Waals surface area contributed by atoms with Crippen molar-refractivity contribution in [2.24, 2.45) is 0 Å². The average Bonchev–Trinajstić information content (AvgIpc) is 3.13. The maximum atomic E-state index is 4.29. The summed E-state index contributed by atoms with van der Waals surface area (Å²) < 4.78 is 4.09. The molecule has 1 aromatic rings. The van der Waals surface area contributed by atoms with E-state index >= 15 is 0 Å². The summed E-state index contributed by atoms with van der Waals surface area (Å²) in [6, 6.07) is 0.803. The zero-order valence-electron chi connectivity index (χ0n) is 11.5. The molecule has 0 aromatic carbocycles. The summed E-state index contributed by atoms with van der Waals surface area (Å²) in [6.07, 6.45) is 6.41. The number of anilines is 1. The minimum Gasteiger partial charge on any atom is -0.374 e. The first-order valence-corrected chi connectivity index (χ1v) is 7.91. The summed E-state index contributed by atoms with van der Waals surface area (Å²) in [7, 11) is 0. The van der Waals surface area contributed by atoms with E-state index < -0.39 is 0 Å². The van der Waals surface area contributed by atoms with Gasteiger partial charge in [0.05, 0.1) is 0 Å². The summed E-state index contributed by atoms with van der Waals surface area (Å²) in [5.41, 5.74) is 1.14. The van der Waals surface area contributed by atoms with Crippen LogP contribution in [0, 0.1) is 0 Å². The highest BCUT2D eigenvalue weighted by Crippen LogP contribution is 2.30. The molecule has 1 fully saturated rings. The van der Waals surface area contributed by atoms with Gasteiger partial charge in [-0.05, 0) is 32.2 Å². The summed E-state index contributed by atoms with van der Waals surface area (Å²) in [5.74, 6) is 0. The molecule has 2 rings (SSSR count). The molecular formula is C13H24N4S. The van der Waals surface area contributed by atoms with Crippen molar-refractivity contribution in [2.75, 3.05) is 18.4 Å². The molecule has 0 unspecified atom stereocenters. The van der Waals surface area contributed by atoms with Crippen molar-refractivity contribution < 1.29 is 0 Å². The van der Waals surface area contributed by atoms with Gasteiger partial charge in [0.15, 0.2) is 0 Å². The Kier molecular flexibility index (Phi) is 5.38. The van der Waals surface area contributed by atoms with E-state index in [1.807, 2.05) is 0 Å². The first-order valence-electron chi connectivity index (χ1n) is 7.14. The summed E-state index contributed by atoms with van der Waals surface area (Å²) in [4.78, 5) is 2.58. The number of unbranched alkanes of at least 4 members (excludes halogenated alkanes) is 1. The summed E-state index contributed by atoms with van der Waals surface area (Å²) in [6.45, 7) is 7.61. The van der Waals surface area contributed by atoms with Gasteiger partial charge in [0, 0.05) is 30.7 Å². The topological polar surface area (TPSA) is 41.1 Å². The molecule has 0 aliphatic heterocycles. The molecule has 0 saturated heterocycles. The zero-order chi connectivity index (χ0) is 12.8. The van der Waals surface area contributed by atoms with E-state index in [-0.39, 0.29) is 0 Å².